The maximum Gasteiger partial charge on any atom is 0.115 e. The Bertz CT molecular complexity index is 646. The van der Waals surface area contributed by atoms with Gasteiger partial charge >= 0.3 is 0 Å². The molecule has 2 aromatic rings. The molecule has 0 bridgehead atoms. The number of phenols is 2. The molecule has 0 spiro atoms. The minimum absolute atomic E-state index is 0.364. The van der Waals surface area contributed by atoms with Gasteiger partial charge in [-0.15, -0.1) is 0 Å². The lowest BCUT2D eigenvalue weighted by Crippen LogP contribution is -2.14. The third-order valence-electron chi connectivity index (χ3n) is 4.50. The highest BCUT2D eigenvalue weighted by molar-refractivity contribution is 5.42. The lowest BCUT2D eigenvalue weighted by atomic mass is 9.78. The van der Waals surface area contributed by atoms with Crippen LogP contribution in [0.2, 0.25) is 0 Å². The van der Waals surface area contributed by atoms with Gasteiger partial charge in [0.05, 0.1) is 0 Å². The van der Waals surface area contributed by atoms with Crippen molar-refractivity contribution >= 4 is 0 Å². The van der Waals surface area contributed by atoms with E-state index in [2.05, 4.69) is 19.1 Å². The van der Waals surface area contributed by atoms with Gasteiger partial charge in [0, 0.05) is 0 Å². The third-order valence-corrected chi connectivity index (χ3v) is 4.50. The number of benzene rings is 2. The zero-order valence-corrected chi connectivity index (χ0v) is 12.5. The van der Waals surface area contributed by atoms with E-state index in [1.165, 1.54) is 22.3 Å². The van der Waals surface area contributed by atoms with Gasteiger partial charge in [-0.25, -0.2) is 0 Å². The van der Waals surface area contributed by atoms with Crippen molar-refractivity contribution < 1.29 is 10.2 Å². The number of phenolic OH excluding ortho intramolecular Hbond substituents is 2. The van der Waals surface area contributed by atoms with Crippen LogP contribution in [0.25, 0.3) is 0 Å². The molecule has 0 aromatic heterocycles. The van der Waals surface area contributed by atoms with Crippen molar-refractivity contribution in [2.75, 3.05) is 0 Å². The monoisotopic (exact) mass is 282 g/mol. The van der Waals surface area contributed by atoms with Crippen LogP contribution in [0.3, 0.4) is 0 Å². The molecule has 110 valence electrons. The van der Waals surface area contributed by atoms with E-state index in [4.69, 9.17) is 0 Å². The number of rotatable bonds is 3. The Morgan fingerprint density at radius 3 is 2.57 bits per heavy atom. The molecule has 2 aromatic carbocycles. The molecule has 2 nitrogen and oxygen atoms in total. The average Bonchev–Trinajstić information content (AvgIpc) is 2.47. The van der Waals surface area contributed by atoms with Crippen molar-refractivity contribution in [1.29, 1.82) is 0 Å². The summed E-state index contributed by atoms with van der Waals surface area (Å²) in [5, 5.41) is 19.3. The Balaban J connectivity index is 1.90. The van der Waals surface area contributed by atoms with E-state index >= 15 is 0 Å². The summed E-state index contributed by atoms with van der Waals surface area (Å²) < 4.78 is 0. The fourth-order valence-corrected chi connectivity index (χ4v) is 3.48. The van der Waals surface area contributed by atoms with Gasteiger partial charge in [0.25, 0.3) is 0 Å². The van der Waals surface area contributed by atoms with Crippen LogP contribution >= 0.6 is 0 Å². The molecule has 3 rings (SSSR count). The molecular formula is C19H22O2. The van der Waals surface area contributed by atoms with Gasteiger partial charge < -0.3 is 10.2 Å². The molecule has 1 aliphatic rings. The zero-order chi connectivity index (χ0) is 14.8. The quantitative estimate of drug-likeness (QED) is 0.880. The minimum atomic E-state index is 0.364. The van der Waals surface area contributed by atoms with Crippen molar-refractivity contribution in [2.24, 2.45) is 0 Å². The molecule has 21 heavy (non-hydrogen) atoms. The summed E-state index contributed by atoms with van der Waals surface area (Å²) in [6.45, 7) is 2.17. The minimum Gasteiger partial charge on any atom is -0.508 e. The van der Waals surface area contributed by atoms with E-state index in [0.29, 0.717) is 17.4 Å². The molecule has 0 heterocycles. The van der Waals surface area contributed by atoms with Crippen LogP contribution in [-0.4, -0.2) is 10.2 Å². The fraction of sp³-hybridized carbons (Fsp3) is 0.368. The molecule has 2 heteroatoms. The van der Waals surface area contributed by atoms with Gasteiger partial charge in [-0.2, -0.15) is 0 Å². The van der Waals surface area contributed by atoms with Crippen molar-refractivity contribution in [3.63, 3.8) is 0 Å². The Kier molecular flexibility index (Phi) is 3.87. The van der Waals surface area contributed by atoms with Gasteiger partial charge in [0.1, 0.15) is 11.5 Å². The average molecular weight is 282 g/mol. The van der Waals surface area contributed by atoms with E-state index in [1.807, 2.05) is 12.1 Å². The van der Waals surface area contributed by atoms with Crippen LogP contribution < -0.4 is 0 Å². The Morgan fingerprint density at radius 2 is 1.76 bits per heavy atom. The molecule has 1 atom stereocenters. The Morgan fingerprint density at radius 1 is 1.00 bits per heavy atom. The summed E-state index contributed by atoms with van der Waals surface area (Å²) in [6, 6.07) is 11.6. The largest absolute Gasteiger partial charge is 0.508 e. The molecule has 0 fully saturated rings. The zero-order valence-electron chi connectivity index (χ0n) is 12.5. The molecule has 1 unspecified atom stereocenters. The first-order valence-corrected chi connectivity index (χ1v) is 7.80. The summed E-state index contributed by atoms with van der Waals surface area (Å²) >= 11 is 0. The van der Waals surface area contributed by atoms with Crippen LogP contribution in [-0.2, 0) is 19.3 Å². The normalized spacial score (nSPS) is 17.5. The van der Waals surface area contributed by atoms with Gasteiger partial charge in [0.15, 0.2) is 0 Å². The van der Waals surface area contributed by atoms with E-state index in [9.17, 15) is 10.2 Å². The second-order valence-electron chi connectivity index (χ2n) is 6.03. The second-order valence-corrected chi connectivity index (χ2v) is 6.03. The third kappa shape index (κ3) is 2.90. The first-order valence-electron chi connectivity index (χ1n) is 7.80. The maximum absolute atomic E-state index is 9.72. The van der Waals surface area contributed by atoms with E-state index in [0.717, 1.165) is 32.1 Å². The number of hydrogen-bond donors (Lipinski definition) is 2. The smallest absolute Gasteiger partial charge is 0.115 e. The second kappa shape index (κ2) is 5.80. The predicted molar refractivity (Wildman–Crippen MR) is 85.0 cm³/mol. The van der Waals surface area contributed by atoms with Gasteiger partial charge in [-0.3, -0.25) is 0 Å². The van der Waals surface area contributed by atoms with Gasteiger partial charge in [-0.1, -0.05) is 25.5 Å². The van der Waals surface area contributed by atoms with Crippen molar-refractivity contribution in [3.8, 4) is 11.5 Å². The predicted octanol–water partition coefficient (Wildman–Crippen LogP) is 4.32. The van der Waals surface area contributed by atoms with Crippen molar-refractivity contribution in [2.45, 2.75) is 44.9 Å². The highest BCUT2D eigenvalue weighted by Gasteiger charge is 2.22. The molecule has 1 aliphatic carbocycles. The van der Waals surface area contributed by atoms with Gasteiger partial charge in [0.2, 0.25) is 0 Å². The van der Waals surface area contributed by atoms with Crippen molar-refractivity contribution in [3.05, 3.63) is 58.7 Å². The van der Waals surface area contributed by atoms with Crippen LogP contribution in [0, 0.1) is 0 Å². The first kappa shape index (κ1) is 14.0. The van der Waals surface area contributed by atoms with Crippen LogP contribution in [0.15, 0.2) is 36.4 Å². The first-order chi connectivity index (χ1) is 10.2. The lowest BCUT2D eigenvalue weighted by molar-refractivity contribution is 0.470. The van der Waals surface area contributed by atoms with E-state index < -0.39 is 0 Å². The summed E-state index contributed by atoms with van der Waals surface area (Å²) in [6.07, 6.45) is 5.26. The van der Waals surface area contributed by atoms with Gasteiger partial charge in [-0.05, 0) is 78.1 Å². The number of hydrogen-bond acceptors (Lipinski definition) is 2. The summed E-state index contributed by atoms with van der Waals surface area (Å²) in [5.74, 6) is 1.25. The molecule has 0 saturated heterocycles. The lowest BCUT2D eigenvalue weighted by Gasteiger charge is -2.27. The van der Waals surface area contributed by atoms with E-state index in [1.54, 1.807) is 12.1 Å². The maximum atomic E-state index is 9.72. The number of aromatic hydroxyl groups is 2. The van der Waals surface area contributed by atoms with Crippen LogP contribution in [0.1, 0.15) is 47.9 Å². The Hall–Kier alpha value is -1.96. The topological polar surface area (TPSA) is 40.5 Å². The molecular weight excluding hydrogens is 260 g/mol. The molecule has 0 saturated carbocycles. The molecule has 0 amide bonds. The fourth-order valence-electron chi connectivity index (χ4n) is 3.48. The van der Waals surface area contributed by atoms with E-state index in [-0.39, 0.29) is 0 Å². The molecule has 2 N–H and O–H groups in total. The number of aryl methyl sites for hydroxylation is 2. The standard InChI is InChI=1S/C19H22O2/c1-2-3-15-12-18(21)8-9-19(15)16-5-4-14-11-17(20)7-6-13(14)10-16/h6-9,11-12,16,20-21H,2-5,10H2,1H3. The van der Waals surface area contributed by atoms with Crippen LogP contribution in [0.4, 0.5) is 0 Å². The molecule has 0 aliphatic heterocycles. The Labute approximate surface area is 126 Å². The summed E-state index contributed by atoms with van der Waals surface area (Å²) in [7, 11) is 0. The van der Waals surface area contributed by atoms with Crippen molar-refractivity contribution in [1.82, 2.24) is 0 Å². The highest BCUT2D eigenvalue weighted by Crippen LogP contribution is 2.36. The summed E-state index contributed by atoms with van der Waals surface area (Å²) in [4.78, 5) is 0. The number of fused-ring (bicyclic) bond motifs is 1. The summed E-state index contributed by atoms with van der Waals surface area (Å²) in [5.41, 5.74) is 5.29. The SMILES string of the molecule is CCCc1cc(O)ccc1C1CCc2cc(O)ccc2C1. The molecule has 0 radical (unpaired) electrons. The van der Waals surface area contributed by atoms with Crippen LogP contribution in [0.5, 0.6) is 11.5 Å². The highest BCUT2D eigenvalue weighted by atomic mass is 16.3.